The summed E-state index contributed by atoms with van der Waals surface area (Å²) in [7, 11) is 0. The zero-order chi connectivity index (χ0) is 10.6. The molecule has 72 valence electrons. The van der Waals surface area contributed by atoms with Crippen LogP contribution < -0.4 is 0 Å². The summed E-state index contributed by atoms with van der Waals surface area (Å²) in [5, 5.41) is 14.2. The maximum absolute atomic E-state index is 10.5. The smallest absolute Gasteiger partial charge is 0.338 e. The van der Waals surface area contributed by atoms with Gasteiger partial charge in [-0.25, -0.2) is 9.78 Å². The Kier molecular flexibility index (Phi) is 3.22. The zero-order valence-electron chi connectivity index (χ0n) is 7.21. The van der Waals surface area contributed by atoms with Crippen LogP contribution in [0.5, 0.6) is 0 Å². The third-order valence-corrected chi connectivity index (χ3v) is 2.08. The van der Waals surface area contributed by atoms with Gasteiger partial charge in [-0.3, -0.25) is 0 Å². The van der Waals surface area contributed by atoms with Crippen LogP contribution in [0.1, 0.15) is 10.7 Å². The van der Waals surface area contributed by atoms with Crippen LogP contribution in [-0.2, 0) is 4.79 Å². The Balaban J connectivity index is 3.04. The molecule has 7 heteroatoms. The number of aryl methyl sites for hydroxylation is 1. The van der Waals surface area contributed by atoms with E-state index in [1.54, 1.807) is 12.3 Å². The third kappa shape index (κ3) is 2.58. The standard InChI is InChI=1S/C7H6N4O2S/c1-4-9-5(3-14-4)2-6(7(12)13)10-11-8/h2-3H,1H3,(H,12,13). The molecular formula is C7H6N4O2S. The number of carboxylic acids is 1. The van der Waals surface area contributed by atoms with E-state index in [0.717, 1.165) is 5.01 Å². The highest BCUT2D eigenvalue weighted by Crippen LogP contribution is 2.12. The first-order chi connectivity index (χ1) is 6.63. The molecule has 1 N–H and O–H groups in total. The maximum Gasteiger partial charge on any atom is 0.338 e. The Bertz CT molecular complexity index is 427. The molecule has 6 nitrogen and oxygen atoms in total. The van der Waals surface area contributed by atoms with Crippen molar-refractivity contribution in [3.8, 4) is 0 Å². The normalized spacial score (nSPS) is 10.8. The highest BCUT2D eigenvalue weighted by atomic mass is 32.1. The molecule has 0 bridgehead atoms. The van der Waals surface area contributed by atoms with E-state index >= 15 is 0 Å². The molecule has 0 spiro atoms. The Hall–Kier alpha value is -1.85. The lowest BCUT2D eigenvalue weighted by Crippen LogP contribution is -1.96. The lowest BCUT2D eigenvalue weighted by molar-refractivity contribution is -0.132. The fourth-order valence-electron chi connectivity index (χ4n) is 0.768. The minimum atomic E-state index is -1.27. The Labute approximate surface area is 83.2 Å². The van der Waals surface area contributed by atoms with Crippen LogP contribution >= 0.6 is 11.3 Å². The van der Waals surface area contributed by atoms with E-state index in [1.165, 1.54) is 17.4 Å². The predicted octanol–water partition coefficient (Wildman–Crippen LogP) is 2.19. The van der Waals surface area contributed by atoms with Crippen molar-refractivity contribution in [2.45, 2.75) is 6.92 Å². The minimum Gasteiger partial charge on any atom is -0.478 e. The topological polar surface area (TPSA) is 99.0 Å². The van der Waals surface area contributed by atoms with Crippen molar-refractivity contribution in [2.24, 2.45) is 5.11 Å². The zero-order valence-corrected chi connectivity index (χ0v) is 8.02. The van der Waals surface area contributed by atoms with Crippen LogP contribution in [0.2, 0.25) is 0 Å². The van der Waals surface area contributed by atoms with Crippen molar-refractivity contribution in [1.82, 2.24) is 4.98 Å². The number of hydrogen-bond acceptors (Lipinski definition) is 4. The van der Waals surface area contributed by atoms with Gasteiger partial charge < -0.3 is 5.11 Å². The van der Waals surface area contributed by atoms with Crippen molar-refractivity contribution in [1.29, 1.82) is 0 Å². The first kappa shape index (κ1) is 10.2. The minimum absolute atomic E-state index is 0.363. The van der Waals surface area contributed by atoms with Crippen LogP contribution in [0.3, 0.4) is 0 Å². The van der Waals surface area contributed by atoms with Crippen molar-refractivity contribution in [3.63, 3.8) is 0 Å². The summed E-state index contributed by atoms with van der Waals surface area (Å²) in [6.07, 6.45) is 1.23. The molecule has 1 heterocycles. The van der Waals surface area contributed by atoms with Crippen molar-refractivity contribution in [2.75, 3.05) is 0 Å². The number of aliphatic carboxylic acids is 1. The van der Waals surface area contributed by atoms with E-state index in [2.05, 4.69) is 15.0 Å². The van der Waals surface area contributed by atoms with Gasteiger partial charge in [-0.1, -0.05) is 5.11 Å². The van der Waals surface area contributed by atoms with Crippen molar-refractivity contribution in [3.05, 3.63) is 32.2 Å². The SMILES string of the molecule is Cc1nc(C=C(N=[N+]=[N-])C(=O)O)cs1. The second-order valence-electron chi connectivity index (χ2n) is 2.32. The van der Waals surface area contributed by atoms with Crippen molar-refractivity contribution < 1.29 is 9.90 Å². The summed E-state index contributed by atoms with van der Waals surface area (Å²) in [5.41, 5.74) is 8.23. The number of carboxylic acid groups (broad SMARTS) is 1. The molecule has 0 atom stereocenters. The summed E-state index contributed by atoms with van der Waals surface area (Å²) < 4.78 is 0. The van der Waals surface area contributed by atoms with E-state index < -0.39 is 5.97 Å². The van der Waals surface area contributed by atoms with Gasteiger partial charge in [-0.05, 0) is 18.5 Å². The van der Waals surface area contributed by atoms with Gasteiger partial charge in [0, 0.05) is 10.3 Å². The van der Waals surface area contributed by atoms with Crippen LogP contribution in [0.25, 0.3) is 16.5 Å². The molecule has 0 radical (unpaired) electrons. The molecule has 0 aliphatic carbocycles. The highest BCUT2D eigenvalue weighted by molar-refractivity contribution is 7.09. The van der Waals surface area contributed by atoms with E-state index in [0.29, 0.717) is 5.69 Å². The summed E-state index contributed by atoms with van der Waals surface area (Å²) in [4.78, 5) is 17.0. The number of hydrogen-bond donors (Lipinski definition) is 1. The monoisotopic (exact) mass is 210 g/mol. The largest absolute Gasteiger partial charge is 0.478 e. The summed E-state index contributed by atoms with van der Waals surface area (Å²) in [6.45, 7) is 1.80. The molecule has 0 saturated heterocycles. The van der Waals surface area contributed by atoms with Gasteiger partial charge in [0.25, 0.3) is 0 Å². The predicted molar refractivity (Wildman–Crippen MR) is 51.6 cm³/mol. The molecule has 0 amide bonds. The highest BCUT2D eigenvalue weighted by Gasteiger charge is 2.05. The number of carbonyl (C=O) groups is 1. The first-order valence-electron chi connectivity index (χ1n) is 3.55. The quantitative estimate of drug-likeness (QED) is 0.358. The van der Waals surface area contributed by atoms with E-state index in [9.17, 15) is 4.79 Å². The van der Waals surface area contributed by atoms with Gasteiger partial charge in [0.05, 0.1) is 10.7 Å². The molecule has 14 heavy (non-hydrogen) atoms. The molecule has 1 rings (SSSR count). The fourth-order valence-corrected chi connectivity index (χ4v) is 1.34. The molecule has 1 aromatic rings. The second-order valence-corrected chi connectivity index (χ2v) is 3.38. The lowest BCUT2D eigenvalue weighted by atomic mass is 10.3. The van der Waals surface area contributed by atoms with Crippen LogP contribution in [-0.4, -0.2) is 16.1 Å². The van der Waals surface area contributed by atoms with Gasteiger partial charge in [-0.15, -0.1) is 11.3 Å². The Morgan fingerprint density at radius 3 is 3.00 bits per heavy atom. The fraction of sp³-hybridized carbons (Fsp3) is 0.143. The number of aromatic nitrogens is 1. The van der Waals surface area contributed by atoms with Gasteiger partial charge in [0.1, 0.15) is 5.70 Å². The molecule has 0 aromatic carbocycles. The van der Waals surface area contributed by atoms with Crippen LogP contribution in [0, 0.1) is 6.92 Å². The molecule has 0 fully saturated rings. The second kappa shape index (κ2) is 4.40. The summed E-state index contributed by atoms with van der Waals surface area (Å²) in [6, 6.07) is 0. The average Bonchev–Trinajstić information content (AvgIpc) is 2.50. The van der Waals surface area contributed by atoms with Crippen LogP contribution in [0.15, 0.2) is 16.2 Å². The average molecular weight is 210 g/mol. The summed E-state index contributed by atoms with van der Waals surface area (Å²) >= 11 is 1.39. The molecule has 0 aliphatic heterocycles. The van der Waals surface area contributed by atoms with E-state index in [1.807, 2.05) is 0 Å². The molecule has 0 unspecified atom stereocenters. The lowest BCUT2D eigenvalue weighted by Gasteiger charge is -1.89. The molecule has 0 saturated carbocycles. The Morgan fingerprint density at radius 2 is 2.57 bits per heavy atom. The summed E-state index contributed by atoms with van der Waals surface area (Å²) in [5.74, 6) is -1.27. The Morgan fingerprint density at radius 1 is 1.86 bits per heavy atom. The van der Waals surface area contributed by atoms with E-state index in [4.69, 9.17) is 10.6 Å². The first-order valence-corrected chi connectivity index (χ1v) is 4.43. The number of azide groups is 1. The van der Waals surface area contributed by atoms with Gasteiger partial charge in [0.2, 0.25) is 0 Å². The van der Waals surface area contributed by atoms with Gasteiger partial charge in [-0.2, -0.15) is 0 Å². The third-order valence-electron chi connectivity index (χ3n) is 1.29. The van der Waals surface area contributed by atoms with E-state index in [-0.39, 0.29) is 5.70 Å². The van der Waals surface area contributed by atoms with Crippen molar-refractivity contribution >= 4 is 23.4 Å². The number of thiazole rings is 1. The molecule has 1 aromatic heterocycles. The number of nitrogens with zero attached hydrogens (tertiary/aromatic N) is 4. The van der Waals surface area contributed by atoms with Gasteiger partial charge >= 0.3 is 5.97 Å². The molecule has 0 aliphatic rings. The number of rotatable bonds is 3. The maximum atomic E-state index is 10.5. The van der Waals surface area contributed by atoms with Gasteiger partial charge in [0.15, 0.2) is 0 Å². The molecular weight excluding hydrogens is 204 g/mol. The van der Waals surface area contributed by atoms with Crippen LogP contribution in [0.4, 0.5) is 0 Å².